The minimum absolute atomic E-state index is 0.108. The zero-order valence-corrected chi connectivity index (χ0v) is 10.3. The van der Waals surface area contributed by atoms with Crippen molar-refractivity contribution < 1.29 is 14.7 Å². The van der Waals surface area contributed by atoms with Crippen LogP contribution in [0, 0.1) is 18.8 Å². The van der Waals surface area contributed by atoms with E-state index >= 15 is 0 Å². The molecule has 0 aromatic carbocycles. The molecule has 1 aliphatic carbocycles. The smallest absolute Gasteiger partial charge is 0.306 e. The van der Waals surface area contributed by atoms with Crippen LogP contribution in [-0.2, 0) is 9.59 Å². The molecule has 0 spiro atoms. The molecule has 1 heterocycles. The van der Waals surface area contributed by atoms with Gasteiger partial charge in [-0.25, -0.2) is 4.98 Å². The number of aryl methyl sites for hydroxylation is 1. The molecule has 1 saturated carbocycles. The average molecular weight is 254 g/mol. The van der Waals surface area contributed by atoms with Crippen molar-refractivity contribution in [3.8, 4) is 0 Å². The number of rotatable bonds is 3. The van der Waals surface area contributed by atoms with Crippen molar-refractivity contribution in [2.75, 3.05) is 5.32 Å². The third kappa shape index (κ3) is 2.82. The fourth-order valence-corrected chi connectivity index (χ4v) is 2.75. The Morgan fingerprint density at radius 1 is 1.47 bits per heavy atom. The summed E-state index contributed by atoms with van der Waals surface area (Å²) in [5.74, 6) is -1.47. The molecule has 0 unspecified atom stereocenters. The standard InChI is InChI=1S/C11H14N2O3S/c1-6-5-17-11(12-6)13-9(14)7-2-3-8(4-7)10(15)16/h5,7-8H,2-4H2,1H3,(H,15,16)(H,12,13,14)/t7-,8+/m1/s1. The molecule has 1 aromatic rings. The van der Waals surface area contributed by atoms with Crippen molar-refractivity contribution in [1.29, 1.82) is 0 Å². The first-order valence-electron chi connectivity index (χ1n) is 5.52. The van der Waals surface area contributed by atoms with Gasteiger partial charge >= 0.3 is 5.97 Å². The fraction of sp³-hybridized carbons (Fsp3) is 0.545. The van der Waals surface area contributed by atoms with Gasteiger partial charge in [-0.15, -0.1) is 11.3 Å². The largest absolute Gasteiger partial charge is 0.481 e. The Morgan fingerprint density at radius 2 is 2.18 bits per heavy atom. The van der Waals surface area contributed by atoms with Crippen LogP contribution in [0.2, 0.25) is 0 Å². The SMILES string of the molecule is Cc1csc(NC(=O)[C@@H]2CC[C@H](C(=O)O)C2)n1. The number of amides is 1. The summed E-state index contributed by atoms with van der Waals surface area (Å²) in [5, 5.41) is 14.1. The number of aliphatic carboxylic acids is 1. The quantitative estimate of drug-likeness (QED) is 0.863. The van der Waals surface area contributed by atoms with Crippen LogP contribution in [0.4, 0.5) is 5.13 Å². The normalized spacial score (nSPS) is 23.6. The van der Waals surface area contributed by atoms with Crippen LogP contribution in [-0.4, -0.2) is 22.0 Å². The van der Waals surface area contributed by atoms with E-state index in [1.807, 2.05) is 12.3 Å². The zero-order valence-electron chi connectivity index (χ0n) is 9.47. The van der Waals surface area contributed by atoms with E-state index in [0.29, 0.717) is 24.4 Å². The van der Waals surface area contributed by atoms with Crippen molar-refractivity contribution in [2.24, 2.45) is 11.8 Å². The topological polar surface area (TPSA) is 79.3 Å². The van der Waals surface area contributed by atoms with Gasteiger partial charge in [-0.1, -0.05) is 0 Å². The van der Waals surface area contributed by atoms with Gasteiger partial charge in [0.25, 0.3) is 0 Å². The summed E-state index contributed by atoms with van der Waals surface area (Å²) in [4.78, 5) is 26.8. The van der Waals surface area contributed by atoms with Gasteiger partial charge in [0.1, 0.15) is 0 Å². The lowest BCUT2D eigenvalue weighted by Crippen LogP contribution is -2.21. The summed E-state index contributed by atoms with van der Waals surface area (Å²) < 4.78 is 0. The van der Waals surface area contributed by atoms with E-state index in [0.717, 1.165) is 5.69 Å². The van der Waals surface area contributed by atoms with Crippen molar-refractivity contribution in [3.63, 3.8) is 0 Å². The molecule has 0 saturated heterocycles. The minimum Gasteiger partial charge on any atom is -0.481 e. The maximum Gasteiger partial charge on any atom is 0.306 e. The summed E-state index contributed by atoms with van der Waals surface area (Å²) in [7, 11) is 0. The molecule has 6 heteroatoms. The number of thiazole rings is 1. The Balaban J connectivity index is 1.91. The van der Waals surface area contributed by atoms with Crippen LogP contribution in [0.3, 0.4) is 0 Å². The predicted octanol–water partition coefficient (Wildman–Crippen LogP) is 1.89. The van der Waals surface area contributed by atoms with E-state index in [9.17, 15) is 9.59 Å². The van der Waals surface area contributed by atoms with Gasteiger partial charge in [0.05, 0.1) is 11.6 Å². The Hall–Kier alpha value is -1.43. The van der Waals surface area contributed by atoms with Gasteiger partial charge in [-0.2, -0.15) is 0 Å². The number of hydrogen-bond donors (Lipinski definition) is 2. The fourth-order valence-electron chi connectivity index (χ4n) is 2.06. The van der Waals surface area contributed by atoms with E-state index < -0.39 is 5.97 Å². The summed E-state index contributed by atoms with van der Waals surface area (Å²) in [6.45, 7) is 1.86. The number of nitrogens with one attached hydrogen (secondary N) is 1. The van der Waals surface area contributed by atoms with Crippen molar-refractivity contribution >= 4 is 28.3 Å². The minimum atomic E-state index is -0.801. The second kappa shape index (κ2) is 4.83. The van der Waals surface area contributed by atoms with Gasteiger partial charge in [0.2, 0.25) is 5.91 Å². The van der Waals surface area contributed by atoms with Crippen LogP contribution < -0.4 is 5.32 Å². The highest BCUT2D eigenvalue weighted by molar-refractivity contribution is 7.13. The van der Waals surface area contributed by atoms with E-state index in [2.05, 4.69) is 10.3 Å². The van der Waals surface area contributed by atoms with Crippen LogP contribution in [0.1, 0.15) is 25.0 Å². The molecule has 17 heavy (non-hydrogen) atoms. The second-order valence-electron chi connectivity index (χ2n) is 4.33. The number of aromatic nitrogens is 1. The van der Waals surface area contributed by atoms with E-state index in [1.54, 1.807) is 0 Å². The predicted molar refractivity (Wildman–Crippen MR) is 63.9 cm³/mol. The first-order valence-corrected chi connectivity index (χ1v) is 6.40. The molecule has 1 aromatic heterocycles. The number of carbonyl (C=O) groups is 2. The lowest BCUT2D eigenvalue weighted by atomic mass is 10.0. The lowest BCUT2D eigenvalue weighted by Gasteiger charge is -2.08. The molecule has 5 nitrogen and oxygen atoms in total. The molecule has 0 aliphatic heterocycles. The number of hydrogen-bond acceptors (Lipinski definition) is 4. The highest BCUT2D eigenvalue weighted by Gasteiger charge is 2.33. The van der Waals surface area contributed by atoms with E-state index in [4.69, 9.17) is 5.11 Å². The van der Waals surface area contributed by atoms with Gasteiger partial charge in [0.15, 0.2) is 5.13 Å². The summed E-state index contributed by atoms with van der Waals surface area (Å²) in [6, 6.07) is 0. The third-order valence-electron chi connectivity index (χ3n) is 3.00. The maximum absolute atomic E-state index is 11.9. The lowest BCUT2D eigenvalue weighted by molar-refractivity contribution is -0.141. The monoisotopic (exact) mass is 254 g/mol. The van der Waals surface area contributed by atoms with Crippen LogP contribution in [0.25, 0.3) is 0 Å². The molecule has 2 atom stereocenters. The van der Waals surface area contributed by atoms with Crippen molar-refractivity contribution in [3.05, 3.63) is 11.1 Å². The molecule has 1 aliphatic rings. The Labute approximate surface area is 103 Å². The Bertz CT molecular complexity index is 444. The molecular formula is C11H14N2O3S. The summed E-state index contributed by atoms with van der Waals surface area (Å²) in [5.41, 5.74) is 0.875. The van der Waals surface area contributed by atoms with E-state index in [-0.39, 0.29) is 17.7 Å². The molecule has 1 fully saturated rings. The second-order valence-corrected chi connectivity index (χ2v) is 5.19. The van der Waals surface area contributed by atoms with Crippen LogP contribution >= 0.6 is 11.3 Å². The highest BCUT2D eigenvalue weighted by atomic mass is 32.1. The van der Waals surface area contributed by atoms with Gasteiger partial charge in [-0.3, -0.25) is 9.59 Å². The Morgan fingerprint density at radius 3 is 2.71 bits per heavy atom. The number of carboxylic acids is 1. The van der Waals surface area contributed by atoms with E-state index in [1.165, 1.54) is 11.3 Å². The maximum atomic E-state index is 11.9. The molecule has 1 amide bonds. The molecule has 92 valence electrons. The average Bonchev–Trinajstić information content (AvgIpc) is 2.86. The first-order chi connectivity index (χ1) is 8.06. The summed E-state index contributed by atoms with van der Waals surface area (Å²) in [6.07, 6.45) is 1.67. The molecular weight excluding hydrogens is 240 g/mol. The van der Waals surface area contributed by atoms with Crippen LogP contribution in [0.15, 0.2) is 5.38 Å². The number of carbonyl (C=O) groups excluding carboxylic acids is 1. The van der Waals surface area contributed by atoms with Gasteiger partial charge < -0.3 is 10.4 Å². The zero-order chi connectivity index (χ0) is 12.4. The highest BCUT2D eigenvalue weighted by Crippen LogP contribution is 2.32. The molecule has 2 rings (SSSR count). The molecule has 0 bridgehead atoms. The van der Waals surface area contributed by atoms with Crippen molar-refractivity contribution in [2.45, 2.75) is 26.2 Å². The third-order valence-corrected chi connectivity index (χ3v) is 3.88. The van der Waals surface area contributed by atoms with Crippen molar-refractivity contribution in [1.82, 2.24) is 4.98 Å². The summed E-state index contributed by atoms with van der Waals surface area (Å²) >= 11 is 1.38. The van der Waals surface area contributed by atoms with Crippen LogP contribution in [0.5, 0.6) is 0 Å². The van der Waals surface area contributed by atoms with Gasteiger partial charge in [-0.05, 0) is 26.2 Å². The first kappa shape index (κ1) is 12.0. The number of carboxylic acid groups (broad SMARTS) is 1. The number of anilines is 1. The number of nitrogens with zero attached hydrogens (tertiary/aromatic N) is 1. The molecule has 2 N–H and O–H groups in total. The molecule has 0 radical (unpaired) electrons. The van der Waals surface area contributed by atoms with Gasteiger partial charge in [0, 0.05) is 11.3 Å². The Kier molecular flexibility index (Phi) is 3.42.